The van der Waals surface area contributed by atoms with Gasteiger partial charge < -0.3 is 10.0 Å². The summed E-state index contributed by atoms with van der Waals surface area (Å²) < 4.78 is 12.9. The molecule has 2 heterocycles. The predicted octanol–water partition coefficient (Wildman–Crippen LogP) is 1.00. The number of nitrogens with zero attached hydrogens (tertiary/aromatic N) is 4. The van der Waals surface area contributed by atoms with Crippen LogP contribution < -0.4 is 0 Å². The average Bonchev–Trinajstić information content (AvgIpc) is 3.16. The second-order valence-corrected chi connectivity index (χ2v) is 4.97. The van der Waals surface area contributed by atoms with Gasteiger partial charge in [0.25, 0.3) is 5.91 Å². The molecule has 1 aromatic carbocycles. The van der Waals surface area contributed by atoms with Crippen molar-refractivity contribution in [2.75, 3.05) is 13.2 Å². The lowest BCUT2D eigenvalue weighted by Gasteiger charge is -2.21. The van der Waals surface area contributed by atoms with Gasteiger partial charge in [-0.15, -0.1) is 5.10 Å². The van der Waals surface area contributed by atoms with Crippen LogP contribution in [0.2, 0.25) is 0 Å². The molecule has 1 N–H and O–H groups in total. The molecule has 7 heteroatoms. The zero-order valence-corrected chi connectivity index (χ0v) is 11.3. The van der Waals surface area contributed by atoms with Crippen molar-refractivity contribution in [1.29, 1.82) is 0 Å². The number of hydrogen-bond donors (Lipinski definition) is 1. The monoisotopic (exact) mass is 290 g/mol. The van der Waals surface area contributed by atoms with Gasteiger partial charge >= 0.3 is 0 Å². The van der Waals surface area contributed by atoms with Crippen molar-refractivity contribution in [2.45, 2.75) is 18.9 Å². The van der Waals surface area contributed by atoms with Gasteiger partial charge in [0, 0.05) is 6.54 Å². The van der Waals surface area contributed by atoms with Crippen molar-refractivity contribution in [1.82, 2.24) is 19.9 Å². The first-order valence-electron chi connectivity index (χ1n) is 6.79. The minimum atomic E-state index is -0.343. The highest BCUT2D eigenvalue weighted by Gasteiger charge is 2.30. The molecule has 3 rings (SSSR count). The van der Waals surface area contributed by atoms with E-state index >= 15 is 0 Å². The molecule has 1 amide bonds. The second kappa shape index (κ2) is 5.61. The van der Waals surface area contributed by atoms with Crippen molar-refractivity contribution in [3.63, 3.8) is 0 Å². The molecule has 0 aliphatic carbocycles. The first-order valence-corrected chi connectivity index (χ1v) is 6.79. The van der Waals surface area contributed by atoms with Gasteiger partial charge in [0.15, 0.2) is 5.69 Å². The smallest absolute Gasteiger partial charge is 0.276 e. The fourth-order valence-corrected chi connectivity index (χ4v) is 2.50. The lowest BCUT2D eigenvalue weighted by atomic mass is 10.2. The maximum Gasteiger partial charge on any atom is 0.276 e. The number of amides is 1. The lowest BCUT2D eigenvalue weighted by Crippen LogP contribution is -2.37. The topological polar surface area (TPSA) is 71.2 Å². The zero-order chi connectivity index (χ0) is 14.8. The zero-order valence-electron chi connectivity index (χ0n) is 11.3. The molecule has 21 heavy (non-hydrogen) atoms. The Bertz CT molecular complexity index is 641. The molecular formula is C14H15FN4O2. The highest BCUT2D eigenvalue weighted by Crippen LogP contribution is 2.19. The van der Waals surface area contributed by atoms with Crippen LogP contribution in [0.3, 0.4) is 0 Å². The van der Waals surface area contributed by atoms with Gasteiger partial charge in [0.05, 0.1) is 24.5 Å². The van der Waals surface area contributed by atoms with Crippen LogP contribution in [0.25, 0.3) is 5.69 Å². The molecule has 6 nitrogen and oxygen atoms in total. The minimum Gasteiger partial charge on any atom is -0.394 e. The van der Waals surface area contributed by atoms with E-state index in [0.29, 0.717) is 12.2 Å². The number of rotatable bonds is 3. The number of likely N-dealkylation sites (tertiary alicyclic amines) is 1. The maximum atomic E-state index is 12.9. The Balaban J connectivity index is 1.81. The Morgan fingerprint density at radius 3 is 2.86 bits per heavy atom. The Labute approximate surface area is 120 Å². The quantitative estimate of drug-likeness (QED) is 0.915. The Morgan fingerprint density at radius 2 is 2.14 bits per heavy atom. The molecular weight excluding hydrogens is 275 g/mol. The Kier molecular flexibility index (Phi) is 3.66. The van der Waals surface area contributed by atoms with Crippen LogP contribution in [0, 0.1) is 5.82 Å². The van der Waals surface area contributed by atoms with Gasteiger partial charge in [-0.05, 0) is 37.1 Å². The van der Waals surface area contributed by atoms with E-state index in [2.05, 4.69) is 10.2 Å². The summed E-state index contributed by atoms with van der Waals surface area (Å²) in [5.74, 6) is -0.579. The number of carbonyl (C=O) groups excluding carboxylic acids is 1. The summed E-state index contributed by atoms with van der Waals surface area (Å²) in [5.41, 5.74) is 0.801. The predicted molar refractivity (Wildman–Crippen MR) is 72.5 cm³/mol. The molecule has 1 aromatic heterocycles. The van der Waals surface area contributed by atoms with Gasteiger partial charge in [-0.1, -0.05) is 0 Å². The highest BCUT2D eigenvalue weighted by molar-refractivity contribution is 5.92. The van der Waals surface area contributed by atoms with E-state index in [1.165, 1.54) is 35.3 Å². The van der Waals surface area contributed by atoms with Crippen molar-refractivity contribution < 1.29 is 14.3 Å². The number of benzene rings is 1. The SMILES string of the molecule is O=C(c1cnn(-c2ccc(F)cc2)n1)N1CCCC1CO. The summed E-state index contributed by atoms with van der Waals surface area (Å²) in [7, 11) is 0. The van der Waals surface area contributed by atoms with Gasteiger partial charge in [-0.25, -0.2) is 4.39 Å². The van der Waals surface area contributed by atoms with E-state index in [4.69, 9.17) is 0 Å². The third kappa shape index (κ3) is 2.64. The van der Waals surface area contributed by atoms with Crippen LogP contribution in [0.4, 0.5) is 4.39 Å². The normalized spacial score (nSPS) is 18.2. The van der Waals surface area contributed by atoms with Crippen LogP contribution in [0.1, 0.15) is 23.3 Å². The molecule has 110 valence electrons. The minimum absolute atomic E-state index is 0.0438. The second-order valence-electron chi connectivity index (χ2n) is 4.97. The van der Waals surface area contributed by atoms with E-state index in [-0.39, 0.29) is 30.1 Å². The van der Waals surface area contributed by atoms with E-state index in [1.54, 1.807) is 4.90 Å². The van der Waals surface area contributed by atoms with Crippen LogP contribution in [-0.4, -0.2) is 50.1 Å². The summed E-state index contributed by atoms with van der Waals surface area (Å²) >= 11 is 0. The van der Waals surface area contributed by atoms with Gasteiger partial charge in [-0.2, -0.15) is 9.90 Å². The first-order chi connectivity index (χ1) is 10.2. The summed E-state index contributed by atoms with van der Waals surface area (Å²) in [4.78, 5) is 15.3. The number of aliphatic hydroxyl groups excluding tert-OH is 1. The van der Waals surface area contributed by atoms with Gasteiger partial charge in [0.2, 0.25) is 0 Å². The van der Waals surface area contributed by atoms with Crippen molar-refractivity contribution >= 4 is 5.91 Å². The summed E-state index contributed by atoms with van der Waals surface area (Å²) in [6.07, 6.45) is 3.07. The van der Waals surface area contributed by atoms with Gasteiger partial charge in [0.1, 0.15) is 5.82 Å². The van der Waals surface area contributed by atoms with Crippen molar-refractivity contribution in [2.24, 2.45) is 0 Å². The summed E-state index contributed by atoms with van der Waals surface area (Å²) in [5, 5.41) is 17.4. The van der Waals surface area contributed by atoms with Crippen molar-refractivity contribution in [3.05, 3.63) is 42.0 Å². The number of hydrogen-bond acceptors (Lipinski definition) is 4. The largest absolute Gasteiger partial charge is 0.394 e. The molecule has 0 bridgehead atoms. The number of halogens is 1. The van der Waals surface area contributed by atoms with E-state index < -0.39 is 0 Å². The van der Waals surface area contributed by atoms with Crippen LogP contribution in [0.5, 0.6) is 0 Å². The highest BCUT2D eigenvalue weighted by atomic mass is 19.1. The Hall–Kier alpha value is -2.28. The van der Waals surface area contributed by atoms with Crippen LogP contribution >= 0.6 is 0 Å². The molecule has 0 radical (unpaired) electrons. The molecule has 1 unspecified atom stereocenters. The molecule has 1 aliphatic heterocycles. The summed E-state index contributed by atoms with van der Waals surface area (Å²) in [6, 6.07) is 5.55. The van der Waals surface area contributed by atoms with Crippen LogP contribution in [-0.2, 0) is 0 Å². The average molecular weight is 290 g/mol. The fourth-order valence-electron chi connectivity index (χ4n) is 2.50. The number of carbonyl (C=O) groups is 1. The standard InChI is InChI=1S/C14H15FN4O2/c15-10-3-5-11(6-4-10)19-16-8-13(17-19)14(21)18-7-1-2-12(18)9-20/h3-6,8,12,20H,1-2,7,9H2. The first kappa shape index (κ1) is 13.7. The number of aliphatic hydroxyl groups is 1. The van der Waals surface area contributed by atoms with E-state index in [0.717, 1.165) is 12.8 Å². The van der Waals surface area contributed by atoms with Gasteiger partial charge in [-0.3, -0.25) is 4.79 Å². The Morgan fingerprint density at radius 1 is 1.38 bits per heavy atom. The third-order valence-corrected chi connectivity index (χ3v) is 3.62. The van der Waals surface area contributed by atoms with E-state index in [9.17, 15) is 14.3 Å². The lowest BCUT2D eigenvalue weighted by molar-refractivity contribution is 0.0671. The maximum absolute atomic E-state index is 12.9. The fraction of sp³-hybridized carbons (Fsp3) is 0.357. The van der Waals surface area contributed by atoms with E-state index in [1.807, 2.05) is 0 Å². The molecule has 1 aliphatic rings. The molecule has 0 saturated carbocycles. The molecule has 0 spiro atoms. The molecule has 1 atom stereocenters. The number of aromatic nitrogens is 3. The molecule has 2 aromatic rings. The molecule has 1 fully saturated rings. The summed E-state index contributed by atoms with van der Waals surface area (Å²) in [6.45, 7) is 0.575. The third-order valence-electron chi connectivity index (χ3n) is 3.62. The van der Waals surface area contributed by atoms with Crippen LogP contribution in [0.15, 0.2) is 30.5 Å². The van der Waals surface area contributed by atoms with Crippen molar-refractivity contribution in [3.8, 4) is 5.69 Å². The molecule has 1 saturated heterocycles.